The van der Waals surface area contributed by atoms with E-state index in [1.165, 1.54) is 12.1 Å². The van der Waals surface area contributed by atoms with Crippen molar-refractivity contribution in [2.24, 2.45) is 0 Å². The largest absolute Gasteiger partial charge is 0.483 e. The summed E-state index contributed by atoms with van der Waals surface area (Å²) in [4.78, 5) is 35.7. The summed E-state index contributed by atoms with van der Waals surface area (Å²) in [5.41, 5.74) is -0.854. The van der Waals surface area contributed by atoms with Gasteiger partial charge in [-0.25, -0.2) is 0 Å². The molecule has 8 nitrogen and oxygen atoms in total. The molecule has 1 aromatic rings. The van der Waals surface area contributed by atoms with Crippen molar-refractivity contribution < 1.29 is 24.4 Å². The number of nitro groups is 1. The highest BCUT2D eigenvalue weighted by molar-refractivity contribution is 6.33. The Kier molecular flexibility index (Phi) is 7.35. The average Bonchev–Trinajstić information content (AvgIpc) is 2.64. The summed E-state index contributed by atoms with van der Waals surface area (Å²) in [6.45, 7) is -0.335. The summed E-state index contributed by atoms with van der Waals surface area (Å²) >= 11 is 5.77. The number of amides is 1. The van der Waals surface area contributed by atoms with Crippen LogP contribution in [-0.2, 0) is 4.79 Å². The predicted molar refractivity (Wildman–Crippen MR) is 94.7 cm³/mol. The number of aliphatic hydroxyl groups excluding tert-OH is 1. The lowest BCUT2D eigenvalue weighted by Gasteiger charge is -2.34. The summed E-state index contributed by atoms with van der Waals surface area (Å²) in [7, 11) is 0. The van der Waals surface area contributed by atoms with Crippen LogP contribution in [0.2, 0.25) is 5.02 Å². The van der Waals surface area contributed by atoms with E-state index in [1.54, 1.807) is 4.90 Å². The molecule has 1 aromatic carbocycles. The average molecular weight is 385 g/mol. The molecule has 0 heterocycles. The Balaban J connectivity index is 2.13. The van der Waals surface area contributed by atoms with Crippen molar-refractivity contribution in [1.29, 1.82) is 0 Å². The first-order valence-electron chi connectivity index (χ1n) is 8.44. The first-order chi connectivity index (χ1) is 12.5. The van der Waals surface area contributed by atoms with Gasteiger partial charge in [-0.1, -0.05) is 30.9 Å². The molecule has 0 unspecified atom stereocenters. The second-order valence-electron chi connectivity index (χ2n) is 6.07. The molecule has 26 heavy (non-hydrogen) atoms. The minimum Gasteiger partial charge on any atom is -0.483 e. The van der Waals surface area contributed by atoms with Gasteiger partial charge in [-0.15, -0.1) is 0 Å². The zero-order chi connectivity index (χ0) is 19.1. The maximum Gasteiger partial charge on any atom is 0.302 e. The van der Waals surface area contributed by atoms with Crippen LogP contribution in [0.5, 0.6) is 5.75 Å². The minimum absolute atomic E-state index is 0.0529. The molecule has 0 aliphatic heterocycles. The van der Waals surface area contributed by atoms with Gasteiger partial charge in [0.15, 0.2) is 12.9 Å². The summed E-state index contributed by atoms with van der Waals surface area (Å²) in [6.07, 6.45) is 5.22. The summed E-state index contributed by atoms with van der Waals surface area (Å²) in [5.74, 6) is -0.405. The number of carbonyl (C=O) groups excluding carboxylic acids is 2. The van der Waals surface area contributed by atoms with Gasteiger partial charge >= 0.3 is 5.69 Å². The van der Waals surface area contributed by atoms with Gasteiger partial charge in [0.25, 0.3) is 5.91 Å². The van der Waals surface area contributed by atoms with Gasteiger partial charge < -0.3 is 14.7 Å². The minimum atomic E-state index is -0.763. The van der Waals surface area contributed by atoms with Crippen LogP contribution in [0.15, 0.2) is 12.1 Å². The van der Waals surface area contributed by atoms with Gasteiger partial charge in [0.1, 0.15) is 16.3 Å². The Labute approximate surface area is 155 Å². The molecule has 0 spiro atoms. The van der Waals surface area contributed by atoms with Crippen LogP contribution < -0.4 is 4.74 Å². The molecule has 0 radical (unpaired) electrons. The smallest absolute Gasteiger partial charge is 0.302 e. The third kappa shape index (κ3) is 4.70. The third-order valence-electron chi connectivity index (χ3n) is 4.46. The molecular weight excluding hydrogens is 364 g/mol. The zero-order valence-corrected chi connectivity index (χ0v) is 15.0. The van der Waals surface area contributed by atoms with Crippen LogP contribution in [-0.4, -0.2) is 52.9 Å². The quantitative estimate of drug-likeness (QED) is 0.419. The number of aldehydes is 1. The standard InChI is InChI=1S/C17H21ClN2O6/c18-14-6-7-15(13(10-22)17(14)20(24)25)26-11-16(23)19(8-9-21)12-4-2-1-3-5-12/h6-7,10,12,21H,1-5,8-9,11H2. The van der Waals surface area contributed by atoms with Crippen LogP contribution in [0, 0.1) is 10.1 Å². The molecule has 142 valence electrons. The molecule has 0 aromatic heterocycles. The number of halogens is 1. The van der Waals surface area contributed by atoms with Crippen molar-refractivity contribution in [2.45, 2.75) is 38.1 Å². The third-order valence-corrected chi connectivity index (χ3v) is 4.76. The van der Waals surface area contributed by atoms with Gasteiger partial charge in [-0.2, -0.15) is 0 Å². The van der Waals surface area contributed by atoms with Crippen molar-refractivity contribution in [3.05, 3.63) is 32.8 Å². The van der Waals surface area contributed by atoms with Crippen LogP contribution >= 0.6 is 11.6 Å². The topological polar surface area (TPSA) is 110 Å². The van der Waals surface area contributed by atoms with Crippen molar-refractivity contribution in [3.8, 4) is 5.75 Å². The Morgan fingerprint density at radius 3 is 2.65 bits per heavy atom. The highest BCUT2D eigenvalue weighted by Gasteiger charge is 2.27. The van der Waals surface area contributed by atoms with Gasteiger partial charge in [-0.3, -0.25) is 19.7 Å². The van der Waals surface area contributed by atoms with Crippen LogP contribution in [0.25, 0.3) is 0 Å². The summed E-state index contributed by atoms with van der Waals surface area (Å²) in [6, 6.07) is 2.62. The second kappa shape index (κ2) is 9.49. The van der Waals surface area contributed by atoms with Gasteiger partial charge in [0.05, 0.1) is 11.5 Å². The zero-order valence-electron chi connectivity index (χ0n) is 14.2. The van der Waals surface area contributed by atoms with E-state index in [9.17, 15) is 24.8 Å². The molecule has 1 amide bonds. The van der Waals surface area contributed by atoms with E-state index in [0.29, 0.717) is 0 Å². The maximum absolute atomic E-state index is 12.5. The fourth-order valence-electron chi connectivity index (χ4n) is 3.22. The van der Waals surface area contributed by atoms with E-state index in [4.69, 9.17) is 16.3 Å². The number of ether oxygens (including phenoxy) is 1. The molecule has 1 aliphatic carbocycles. The first kappa shape index (κ1) is 20.1. The van der Waals surface area contributed by atoms with E-state index >= 15 is 0 Å². The Hall–Kier alpha value is -2.19. The van der Waals surface area contributed by atoms with E-state index in [0.717, 1.165) is 32.1 Å². The molecule has 0 atom stereocenters. The lowest BCUT2D eigenvalue weighted by molar-refractivity contribution is -0.385. The fourth-order valence-corrected chi connectivity index (χ4v) is 3.46. The van der Waals surface area contributed by atoms with Crippen LogP contribution in [0.4, 0.5) is 5.69 Å². The first-order valence-corrected chi connectivity index (χ1v) is 8.82. The second-order valence-corrected chi connectivity index (χ2v) is 6.48. The molecule has 1 aliphatic rings. The van der Waals surface area contributed by atoms with Crippen molar-refractivity contribution in [2.75, 3.05) is 19.8 Å². The molecule has 0 saturated heterocycles. The number of nitro benzene ring substituents is 1. The van der Waals surface area contributed by atoms with E-state index < -0.39 is 10.6 Å². The van der Waals surface area contributed by atoms with Crippen LogP contribution in [0.3, 0.4) is 0 Å². The van der Waals surface area contributed by atoms with Crippen LogP contribution in [0.1, 0.15) is 42.5 Å². The van der Waals surface area contributed by atoms with E-state index in [-0.39, 0.29) is 54.3 Å². The fraction of sp³-hybridized carbons (Fsp3) is 0.529. The number of hydrogen-bond acceptors (Lipinski definition) is 6. The normalized spacial score (nSPS) is 14.7. The van der Waals surface area contributed by atoms with Crippen molar-refractivity contribution in [3.63, 3.8) is 0 Å². The van der Waals surface area contributed by atoms with Crippen molar-refractivity contribution >= 4 is 29.5 Å². The van der Waals surface area contributed by atoms with Crippen molar-refractivity contribution in [1.82, 2.24) is 4.90 Å². The SMILES string of the molecule is O=Cc1c(OCC(=O)N(CCO)C2CCCCC2)ccc(Cl)c1[N+](=O)[O-]. The predicted octanol–water partition coefficient (Wildman–Crippen LogP) is 2.59. The Morgan fingerprint density at radius 2 is 2.08 bits per heavy atom. The molecule has 9 heteroatoms. The molecule has 1 saturated carbocycles. The summed E-state index contributed by atoms with van der Waals surface area (Å²) < 4.78 is 5.39. The number of benzene rings is 1. The summed E-state index contributed by atoms with van der Waals surface area (Å²) in [5, 5.41) is 20.2. The number of aliphatic hydroxyl groups is 1. The lowest BCUT2D eigenvalue weighted by Crippen LogP contribution is -2.45. The number of carbonyl (C=O) groups is 2. The maximum atomic E-state index is 12.5. The highest BCUT2D eigenvalue weighted by atomic mass is 35.5. The van der Waals surface area contributed by atoms with Gasteiger partial charge in [0.2, 0.25) is 0 Å². The van der Waals surface area contributed by atoms with E-state index in [2.05, 4.69) is 0 Å². The lowest BCUT2D eigenvalue weighted by atomic mass is 9.94. The molecule has 1 fully saturated rings. The highest BCUT2D eigenvalue weighted by Crippen LogP contribution is 2.34. The van der Waals surface area contributed by atoms with Gasteiger partial charge in [-0.05, 0) is 25.0 Å². The molecule has 1 N–H and O–H groups in total. The molecule has 2 rings (SSSR count). The Morgan fingerprint density at radius 1 is 1.38 bits per heavy atom. The monoisotopic (exact) mass is 384 g/mol. The van der Waals surface area contributed by atoms with Gasteiger partial charge in [0, 0.05) is 12.6 Å². The number of rotatable bonds is 8. The number of nitrogens with zero attached hydrogens (tertiary/aromatic N) is 2. The Bertz CT molecular complexity index is 675. The number of hydrogen-bond donors (Lipinski definition) is 1. The van der Waals surface area contributed by atoms with E-state index in [1.807, 2.05) is 0 Å². The molecule has 0 bridgehead atoms. The molecular formula is C17H21ClN2O6.